The second-order valence-electron chi connectivity index (χ2n) is 2.33. The molecule has 1 rings (SSSR count). The van der Waals surface area contributed by atoms with E-state index < -0.39 is 0 Å². The molecule has 0 saturated heterocycles. The number of rotatable bonds is 4. The van der Waals surface area contributed by atoms with Crippen molar-refractivity contribution in [2.45, 2.75) is 19.8 Å². The maximum atomic E-state index is 10.2. The molecule has 56 valence electrons. The Morgan fingerprint density at radius 3 is 2.90 bits per heavy atom. The predicted molar refractivity (Wildman–Crippen MR) is 36.7 cm³/mol. The lowest BCUT2D eigenvalue weighted by molar-refractivity contribution is 0.0708. The molecule has 10 heavy (non-hydrogen) atoms. The lowest BCUT2D eigenvalue weighted by Crippen LogP contribution is -2.15. The van der Waals surface area contributed by atoms with Crippen LogP contribution in [0.2, 0.25) is 0 Å². The summed E-state index contributed by atoms with van der Waals surface area (Å²) in [5, 5.41) is 0. The van der Waals surface area contributed by atoms with E-state index in [0.29, 0.717) is 18.2 Å². The molecule has 0 heterocycles. The molecule has 0 aromatic heterocycles. The molecule has 0 aromatic carbocycles. The van der Waals surface area contributed by atoms with E-state index in [1.165, 1.54) is 0 Å². The number of hydrogen-bond donors (Lipinski definition) is 1. The number of nitrogens with one attached hydrogen (secondary N) is 1. The Morgan fingerprint density at radius 1 is 1.80 bits per heavy atom. The Labute approximate surface area is 60.0 Å². The van der Waals surface area contributed by atoms with Gasteiger partial charge in [0.1, 0.15) is 11.6 Å². The minimum atomic E-state index is 0.393. The molecule has 0 bridgehead atoms. The third kappa shape index (κ3) is 1.87. The first kappa shape index (κ1) is 7.32. The number of hydrogen-bond acceptors (Lipinski definition) is 3. The molecular weight excluding hydrogens is 130 g/mol. The summed E-state index contributed by atoms with van der Waals surface area (Å²) in [6.07, 6.45) is 2.18. The van der Waals surface area contributed by atoms with E-state index in [4.69, 9.17) is 4.84 Å². The largest absolute Gasteiger partial charge is 0.276 e. The number of carbonyl (C=O) groups excluding carboxylic acids is 1. The van der Waals surface area contributed by atoms with Gasteiger partial charge in [0.25, 0.3) is 0 Å². The van der Waals surface area contributed by atoms with Crippen molar-refractivity contribution in [3.05, 3.63) is 5.70 Å². The summed E-state index contributed by atoms with van der Waals surface area (Å²) in [7, 11) is 0. The van der Waals surface area contributed by atoms with Crippen LogP contribution >= 0.6 is 0 Å². The van der Waals surface area contributed by atoms with Crippen LogP contribution in [0.3, 0.4) is 0 Å². The Hall–Kier alpha value is -0.790. The highest BCUT2D eigenvalue weighted by molar-refractivity contribution is 5.52. The van der Waals surface area contributed by atoms with Crippen LogP contribution in [-0.2, 0) is 9.63 Å². The molecule has 0 unspecified atom stereocenters. The van der Waals surface area contributed by atoms with E-state index in [-0.39, 0.29) is 0 Å². The fourth-order valence-corrected chi connectivity index (χ4v) is 0.709. The molecule has 0 aliphatic heterocycles. The zero-order valence-electron chi connectivity index (χ0n) is 6.02. The molecule has 1 aliphatic carbocycles. The van der Waals surface area contributed by atoms with Crippen LogP contribution in [0, 0.1) is 5.92 Å². The van der Waals surface area contributed by atoms with Crippen LogP contribution in [0.15, 0.2) is 5.70 Å². The smallest absolute Gasteiger partial charge is 0.148 e. The summed E-state index contributed by atoms with van der Waals surface area (Å²) in [6, 6.07) is 0. The predicted octanol–water partition coefficient (Wildman–Crippen LogP) is 0.653. The molecule has 1 aliphatic rings. The van der Waals surface area contributed by atoms with Crippen LogP contribution in [0.4, 0.5) is 0 Å². The molecule has 1 saturated carbocycles. The van der Waals surface area contributed by atoms with Crippen molar-refractivity contribution in [1.29, 1.82) is 0 Å². The Morgan fingerprint density at radius 2 is 2.50 bits per heavy atom. The van der Waals surface area contributed by atoms with Crippen molar-refractivity contribution in [3.8, 4) is 0 Å². The fourth-order valence-electron chi connectivity index (χ4n) is 0.709. The van der Waals surface area contributed by atoms with Crippen molar-refractivity contribution in [2.75, 3.05) is 6.61 Å². The van der Waals surface area contributed by atoms with E-state index in [1.807, 2.05) is 12.9 Å². The quantitative estimate of drug-likeness (QED) is 0.461. The van der Waals surface area contributed by atoms with Gasteiger partial charge >= 0.3 is 0 Å². The van der Waals surface area contributed by atoms with Crippen molar-refractivity contribution >= 4 is 5.94 Å². The van der Waals surface area contributed by atoms with E-state index in [9.17, 15) is 4.79 Å². The van der Waals surface area contributed by atoms with Crippen LogP contribution in [0.1, 0.15) is 19.8 Å². The zero-order chi connectivity index (χ0) is 7.40. The van der Waals surface area contributed by atoms with Crippen molar-refractivity contribution < 1.29 is 9.63 Å². The highest BCUT2D eigenvalue weighted by atomic mass is 16.6. The molecule has 1 fully saturated rings. The number of hydroxylamine groups is 1. The molecule has 3 nitrogen and oxygen atoms in total. The second-order valence-corrected chi connectivity index (χ2v) is 2.33. The van der Waals surface area contributed by atoms with Gasteiger partial charge in [0, 0.05) is 5.92 Å². The van der Waals surface area contributed by atoms with Crippen LogP contribution < -0.4 is 5.48 Å². The van der Waals surface area contributed by atoms with Crippen LogP contribution in [-0.4, -0.2) is 12.5 Å². The first-order valence-corrected chi connectivity index (χ1v) is 3.51. The minimum Gasteiger partial charge on any atom is -0.276 e. The van der Waals surface area contributed by atoms with Crippen LogP contribution in [0.25, 0.3) is 0 Å². The molecule has 0 radical (unpaired) electrons. The van der Waals surface area contributed by atoms with Crippen LogP contribution in [0.5, 0.6) is 0 Å². The third-order valence-electron chi connectivity index (χ3n) is 1.42. The van der Waals surface area contributed by atoms with Crippen molar-refractivity contribution in [3.63, 3.8) is 0 Å². The Kier molecular flexibility index (Phi) is 2.49. The minimum absolute atomic E-state index is 0.393. The van der Waals surface area contributed by atoms with Gasteiger partial charge in [-0.1, -0.05) is 0 Å². The molecule has 0 spiro atoms. The van der Waals surface area contributed by atoms with Gasteiger partial charge < -0.3 is 0 Å². The maximum Gasteiger partial charge on any atom is 0.148 e. The number of allylic oxidation sites excluding steroid dienone is 1. The topological polar surface area (TPSA) is 38.3 Å². The first-order chi connectivity index (χ1) is 4.88. The standard InChI is InChI=1S/C7H11NO2/c1-2-10-8-7(5-9)6-3-4-6/h6,8H,2-4H2,1H3. The molecule has 0 aromatic rings. The fraction of sp³-hybridized carbons (Fsp3) is 0.714. The van der Waals surface area contributed by atoms with Gasteiger partial charge in [-0.15, -0.1) is 0 Å². The van der Waals surface area contributed by atoms with Gasteiger partial charge in [-0.05, 0) is 19.8 Å². The summed E-state index contributed by atoms with van der Waals surface area (Å²) >= 11 is 0. The van der Waals surface area contributed by atoms with Gasteiger partial charge in [-0.25, -0.2) is 4.79 Å². The van der Waals surface area contributed by atoms with Gasteiger partial charge in [-0.3, -0.25) is 10.3 Å². The summed E-state index contributed by atoms with van der Waals surface area (Å²) in [4.78, 5) is 15.0. The van der Waals surface area contributed by atoms with Crippen molar-refractivity contribution in [1.82, 2.24) is 5.48 Å². The van der Waals surface area contributed by atoms with E-state index in [1.54, 1.807) is 0 Å². The molecule has 0 atom stereocenters. The normalized spacial score (nSPS) is 16.1. The van der Waals surface area contributed by atoms with Gasteiger partial charge in [0.05, 0.1) is 6.61 Å². The van der Waals surface area contributed by atoms with E-state index in [0.717, 1.165) is 12.8 Å². The molecule has 1 N–H and O–H groups in total. The monoisotopic (exact) mass is 141 g/mol. The Bertz CT molecular complexity index is 157. The van der Waals surface area contributed by atoms with Gasteiger partial charge in [0.2, 0.25) is 0 Å². The average Bonchev–Trinajstić information content (AvgIpc) is 2.73. The highest BCUT2D eigenvalue weighted by Gasteiger charge is 2.27. The summed E-state index contributed by atoms with van der Waals surface area (Å²) in [5.41, 5.74) is 3.15. The second kappa shape index (κ2) is 3.40. The summed E-state index contributed by atoms with van der Waals surface area (Å²) < 4.78 is 0. The molecule has 0 amide bonds. The SMILES string of the molecule is CCONC(=C=O)C1CC1. The highest BCUT2D eigenvalue weighted by Crippen LogP contribution is 2.33. The lowest BCUT2D eigenvalue weighted by atomic mass is 10.3. The van der Waals surface area contributed by atoms with Gasteiger partial charge in [-0.2, -0.15) is 0 Å². The summed E-state index contributed by atoms with van der Waals surface area (Å²) in [5.74, 6) is 2.22. The Balaban J connectivity index is 2.27. The summed E-state index contributed by atoms with van der Waals surface area (Å²) in [6.45, 7) is 2.43. The molecular formula is C7H11NO2. The first-order valence-electron chi connectivity index (χ1n) is 3.51. The van der Waals surface area contributed by atoms with E-state index >= 15 is 0 Å². The third-order valence-corrected chi connectivity index (χ3v) is 1.42. The lowest BCUT2D eigenvalue weighted by Gasteiger charge is -2.02. The zero-order valence-corrected chi connectivity index (χ0v) is 6.02. The van der Waals surface area contributed by atoms with Crippen molar-refractivity contribution in [2.24, 2.45) is 5.92 Å². The molecule has 3 heteroatoms. The van der Waals surface area contributed by atoms with E-state index in [2.05, 4.69) is 5.48 Å². The average molecular weight is 141 g/mol. The maximum absolute atomic E-state index is 10.2. The van der Waals surface area contributed by atoms with Gasteiger partial charge in [0.15, 0.2) is 0 Å².